The van der Waals surface area contributed by atoms with Crippen molar-refractivity contribution in [2.45, 2.75) is 76.5 Å². The zero-order valence-corrected chi connectivity index (χ0v) is 31.0. The third-order valence-electron chi connectivity index (χ3n) is 8.18. The Morgan fingerprint density at radius 3 is 1.81 bits per heavy atom. The molecule has 0 spiro atoms. The molecule has 3 rings (SSSR count). The number of rotatable bonds is 21. The highest BCUT2D eigenvalue weighted by Crippen LogP contribution is 2.33. The van der Waals surface area contributed by atoms with Crippen molar-refractivity contribution >= 4 is 64.5 Å². The third-order valence-corrected chi connectivity index (χ3v) is 9.09. The summed E-state index contributed by atoms with van der Waals surface area (Å²) in [6.07, 6.45) is 4.13. The quantitative estimate of drug-likeness (QED) is 0.0380. The predicted octanol–water partition coefficient (Wildman–Crippen LogP) is 0.774. The molecule has 17 nitrogen and oxygen atoms in total. The highest BCUT2D eigenvalue weighted by molar-refractivity contribution is 8.18. The van der Waals surface area contributed by atoms with Gasteiger partial charge >= 0.3 is 0 Å². The van der Waals surface area contributed by atoms with Crippen LogP contribution in [0.25, 0.3) is 6.08 Å². The van der Waals surface area contributed by atoms with Gasteiger partial charge in [-0.1, -0.05) is 62.2 Å². The molecule has 0 aliphatic carbocycles. The lowest BCUT2D eigenvalue weighted by Gasteiger charge is -2.25. The second-order valence-electron chi connectivity index (χ2n) is 12.5. The van der Waals surface area contributed by atoms with E-state index in [4.69, 9.17) is 28.7 Å². The average molecular weight is 764 g/mol. The van der Waals surface area contributed by atoms with E-state index < -0.39 is 47.7 Å². The lowest BCUT2D eigenvalue weighted by molar-refractivity contribution is -0.132. The smallest absolute Gasteiger partial charge is 0.293 e. The van der Waals surface area contributed by atoms with Gasteiger partial charge in [0.15, 0.2) is 11.9 Å². The number of carbonyl (C=O) groups is 6. The Hall–Kier alpha value is -5.91. The number of benzene rings is 2. The van der Waals surface area contributed by atoms with E-state index in [-0.39, 0.29) is 60.1 Å². The number of hydrogen-bond acceptors (Lipinski definition) is 9. The molecule has 13 N–H and O–H groups in total. The molecule has 1 aliphatic heterocycles. The number of hydrogen-bond donors (Lipinski definition) is 8. The number of guanidine groups is 2. The van der Waals surface area contributed by atoms with Gasteiger partial charge in [0.2, 0.25) is 17.7 Å². The average Bonchev–Trinajstić information content (AvgIpc) is 3.39. The number of nitrogens with two attached hydrogens (primary N) is 5. The number of nitrogens with zero attached hydrogens (tertiary/aromatic N) is 3. The van der Waals surface area contributed by atoms with Gasteiger partial charge in [-0.3, -0.25) is 43.7 Å². The Labute approximate surface area is 318 Å². The van der Waals surface area contributed by atoms with E-state index in [0.29, 0.717) is 31.2 Å². The topological polar surface area (TPSA) is 297 Å². The van der Waals surface area contributed by atoms with Crippen molar-refractivity contribution in [3.8, 4) is 0 Å². The Morgan fingerprint density at radius 1 is 0.741 bits per heavy atom. The number of aliphatic imine (C=N–C) groups is 2. The predicted molar refractivity (Wildman–Crippen MR) is 208 cm³/mol. The molecule has 6 amide bonds. The van der Waals surface area contributed by atoms with Crippen LogP contribution in [0.15, 0.2) is 69.5 Å². The lowest BCUT2D eigenvalue weighted by Crippen LogP contribution is -2.56. The van der Waals surface area contributed by atoms with Gasteiger partial charge < -0.3 is 44.6 Å². The maximum atomic E-state index is 13.7. The van der Waals surface area contributed by atoms with Crippen molar-refractivity contribution in [1.82, 2.24) is 20.9 Å². The van der Waals surface area contributed by atoms with Gasteiger partial charge in [0.1, 0.15) is 18.1 Å². The Balaban J connectivity index is 1.75. The van der Waals surface area contributed by atoms with Crippen LogP contribution < -0.4 is 44.6 Å². The van der Waals surface area contributed by atoms with Crippen LogP contribution in [0.4, 0.5) is 4.79 Å². The lowest BCUT2D eigenvalue weighted by atomic mass is 10.0. The summed E-state index contributed by atoms with van der Waals surface area (Å²) in [5.41, 5.74) is 28.9. The van der Waals surface area contributed by atoms with Crippen LogP contribution in [0.2, 0.25) is 0 Å². The van der Waals surface area contributed by atoms with Crippen LogP contribution in [0.5, 0.6) is 0 Å². The molecule has 0 saturated carbocycles. The summed E-state index contributed by atoms with van der Waals surface area (Å²) >= 11 is 0.832. The molecule has 1 aliphatic rings. The maximum Gasteiger partial charge on any atom is 0.293 e. The number of amides is 6. The molecule has 54 heavy (non-hydrogen) atoms. The Bertz CT molecular complexity index is 1730. The van der Waals surface area contributed by atoms with E-state index in [1.165, 1.54) is 17.0 Å². The van der Waals surface area contributed by atoms with Crippen molar-refractivity contribution < 1.29 is 28.8 Å². The van der Waals surface area contributed by atoms with Gasteiger partial charge in [-0.2, -0.15) is 0 Å². The number of nitrogens with one attached hydrogen (secondary N) is 3. The Morgan fingerprint density at radius 2 is 1.28 bits per heavy atom. The molecule has 1 heterocycles. The van der Waals surface area contributed by atoms with E-state index >= 15 is 0 Å². The van der Waals surface area contributed by atoms with Gasteiger partial charge in [-0.25, -0.2) is 0 Å². The second kappa shape index (κ2) is 21.6. The van der Waals surface area contributed by atoms with E-state index in [1.54, 1.807) is 18.2 Å². The minimum Gasteiger partial charge on any atom is -0.370 e. The highest BCUT2D eigenvalue weighted by atomic mass is 32.2. The van der Waals surface area contributed by atoms with Crippen LogP contribution >= 0.6 is 11.8 Å². The zero-order valence-electron chi connectivity index (χ0n) is 30.2. The molecule has 2 aromatic rings. The first-order valence-corrected chi connectivity index (χ1v) is 18.3. The summed E-state index contributed by atoms with van der Waals surface area (Å²) in [7, 11) is 0. The number of primary amides is 1. The van der Waals surface area contributed by atoms with Crippen molar-refractivity contribution in [2.24, 2.45) is 38.7 Å². The number of imide groups is 1. The fourth-order valence-corrected chi connectivity index (χ4v) is 6.15. The zero-order chi connectivity index (χ0) is 39.6. The van der Waals surface area contributed by atoms with Gasteiger partial charge in [-0.05, 0) is 73.2 Å². The summed E-state index contributed by atoms with van der Waals surface area (Å²) in [6, 6.07) is 12.2. The summed E-state index contributed by atoms with van der Waals surface area (Å²) in [6.45, 7) is 2.44. The molecule has 0 aromatic heterocycles. The first-order valence-electron chi connectivity index (χ1n) is 17.5. The number of carbonyl (C=O) groups excluding carboxylic acids is 6. The second-order valence-corrected chi connectivity index (χ2v) is 13.5. The minimum atomic E-state index is -1.12. The Kier molecular flexibility index (Phi) is 17.0. The van der Waals surface area contributed by atoms with Gasteiger partial charge in [0.05, 0.1) is 11.4 Å². The van der Waals surface area contributed by atoms with Crippen molar-refractivity contribution in [3.05, 3.63) is 76.2 Å². The van der Waals surface area contributed by atoms with Crippen LogP contribution in [-0.2, 0) is 25.7 Å². The van der Waals surface area contributed by atoms with Gasteiger partial charge in [-0.15, -0.1) is 0 Å². The van der Waals surface area contributed by atoms with Crippen LogP contribution in [-0.4, -0.2) is 82.8 Å². The highest BCUT2D eigenvalue weighted by Gasteiger charge is 2.35. The van der Waals surface area contributed by atoms with E-state index in [2.05, 4.69) is 25.9 Å². The van der Waals surface area contributed by atoms with E-state index in [1.807, 2.05) is 37.3 Å². The molecule has 290 valence electrons. The van der Waals surface area contributed by atoms with Crippen LogP contribution in [0.1, 0.15) is 73.4 Å². The van der Waals surface area contributed by atoms with Crippen LogP contribution in [0, 0.1) is 0 Å². The normalized spacial score (nSPS) is 14.8. The largest absolute Gasteiger partial charge is 0.370 e. The minimum absolute atomic E-state index is 0.105. The summed E-state index contributed by atoms with van der Waals surface area (Å²) in [5.74, 6) is -3.28. The van der Waals surface area contributed by atoms with Crippen LogP contribution in [0.3, 0.4) is 0 Å². The SMILES string of the molecule is CCCC[C@H](NC(=O)[C@H](CCCN=C(N)N)NC(=O)[C@H](CCCN=C(N)N)NC(=O)c1ccc(/C=C2\SC(=O)N(Cc3ccccc3)C2=O)cc1)C(N)=O. The fraction of sp³-hybridized carbons (Fsp3) is 0.389. The van der Waals surface area contributed by atoms with Gasteiger partial charge in [0, 0.05) is 18.7 Å². The van der Waals surface area contributed by atoms with Crippen molar-refractivity contribution in [2.75, 3.05) is 13.1 Å². The molecule has 18 heteroatoms. The van der Waals surface area contributed by atoms with Crippen molar-refractivity contribution in [1.29, 1.82) is 0 Å². The van der Waals surface area contributed by atoms with E-state index in [9.17, 15) is 28.8 Å². The molecule has 2 aromatic carbocycles. The van der Waals surface area contributed by atoms with Gasteiger partial charge in [0.25, 0.3) is 17.1 Å². The fourth-order valence-electron chi connectivity index (χ4n) is 5.31. The molecular weight excluding hydrogens is 715 g/mol. The molecule has 0 unspecified atom stereocenters. The maximum absolute atomic E-state index is 13.7. The molecule has 1 fully saturated rings. The summed E-state index contributed by atoms with van der Waals surface area (Å²) in [4.78, 5) is 87.4. The third kappa shape index (κ3) is 13.9. The number of unbranched alkanes of at least 4 members (excludes halogenated alkanes) is 1. The monoisotopic (exact) mass is 763 g/mol. The molecule has 3 atom stereocenters. The summed E-state index contributed by atoms with van der Waals surface area (Å²) in [5, 5.41) is 7.67. The summed E-state index contributed by atoms with van der Waals surface area (Å²) < 4.78 is 0. The standard InChI is InChI=1S/C36H49N11O6S/c1-2-3-11-25(29(37)48)44-31(50)27(13-8-19-43-35(40)41)46-32(51)26(12-7-18-42-34(38)39)45-30(49)24-16-14-22(15-17-24)20-28-33(52)47(36(53)54-28)21-23-9-5-4-6-10-23/h4-6,9-10,14-17,20,25-27H,2-3,7-8,11-13,18-19,21H2,1H3,(H2,37,48)(H,44,50)(H,45,49)(H,46,51)(H4,38,39,42)(H4,40,41,43)/b28-20-/t25-,26-,27-/m0/s1. The number of thioether (sulfide) groups is 1. The van der Waals surface area contributed by atoms with Crippen molar-refractivity contribution in [3.63, 3.8) is 0 Å². The molecule has 1 saturated heterocycles. The molecular formula is C36H49N11O6S. The molecule has 0 radical (unpaired) electrons. The first kappa shape index (κ1) is 42.5. The molecule has 0 bridgehead atoms. The van der Waals surface area contributed by atoms with E-state index in [0.717, 1.165) is 23.7 Å². The first-order chi connectivity index (χ1) is 25.8.